The lowest BCUT2D eigenvalue weighted by molar-refractivity contribution is -0.00875. The fourth-order valence-electron chi connectivity index (χ4n) is 1.09. The van der Waals surface area contributed by atoms with E-state index in [-0.39, 0.29) is 12.6 Å². The maximum atomic E-state index is 9.09. The fourth-order valence-corrected chi connectivity index (χ4v) is 1.09. The third-order valence-electron chi connectivity index (χ3n) is 1.78. The monoisotopic (exact) mass is 146 g/mol. The summed E-state index contributed by atoms with van der Waals surface area (Å²) >= 11 is 0. The largest absolute Gasteiger partial charge is 0.394 e. The molecule has 1 heterocycles. The molecule has 1 aliphatic rings. The van der Waals surface area contributed by atoms with E-state index in [9.17, 15) is 0 Å². The van der Waals surface area contributed by atoms with Crippen LogP contribution >= 0.6 is 0 Å². The molecule has 4 nitrogen and oxygen atoms in total. The van der Waals surface area contributed by atoms with Crippen molar-refractivity contribution in [3.8, 4) is 0 Å². The molecule has 0 aromatic heterocycles. The van der Waals surface area contributed by atoms with Crippen molar-refractivity contribution in [3.05, 3.63) is 0 Å². The average molecular weight is 146 g/mol. The maximum Gasteiger partial charge on any atom is 0.142 e. The first-order chi connectivity index (χ1) is 4.66. The standard InChI is InChI=1S/C5H11BO4/c6-5-4(9)3(8)2(1-7)10-5/h2-5,7-9H,1,6H2/t2-,3+,4?,5-/m1/s1. The quantitative estimate of drug-likeness (QED) is 0.346. The molecule has 1 saturated heterocycles. The van der Waals surface area contributed by atoms with Crippen LogP contribution in [-0.4, -0.2) is 54.1 Å². The fraction of sp³-hybridized carbons (Fsp3) is 1.00. The molecule has 3 N–H and O–H groups in total. The molecule has 0 bridgehead atoms. The van der Waals surface area contributed by atoms with Gasteiger partial charge in [0.05, 0.1) is 12.6 Å². The summed E-state index contributed by atoms with van der Waals surface area (Å²) in [6, 6.07) is -0.382. The summed E-state index contributed by atoms with van der Waals surface area (Å²) < 4.78 is 4.98. The van der Waals surface area contributed by atoms with E-state index < -0.39 is 18.3 Å². The predicted octanol–water partition coefficient (Wildman–Crippen LogP) is -2.94. The molecule has 0 radical (unpaired) electrons. The van der Waals surface area contributed by atoms with Gasteiger partial charge in [0.15, 0.2) is 0 Å². The van der Waals surface area contributed by atoms with Crippen molar-refractivity contribution in [2.45, 2.75) is 24.3 Å². The van der Waals surface area contributed by atoms with Gasteiger partial charge in [-0.05, 0) is 0 Å². The van der Waals surface area contributed by atoms with E-state index in [0.717, 1.165) is 0 Å². The Bertz CT molecular complexity index is 120. The molecule has 0 aromatic rings. The lowest BCUT2D eigenvalue weighted by atomic mass is 9.93. The number of rotatable bonds is 1. The Morgan fingerprint density at radius 1 is 1.30 bits per heavy atom. The maximum absolute atomic E-state index is 9.09. The lowest BCUT2D eigenvalue weighted by Gasteiger charge is -2.10. The van der Waals surface area contributed by atoms with Crippen LogP contribution in [-0.2, 0) is 4.74 Å². The second kappa shape index (κ2) is 2.88. The Morgan fingerprint density at radius 3 is 2.10 bits per heavy atom. The number of hydrogen-bond donors (Lipinski definition) is 3. The summed E-state index contributed by atoms with van der Waals surface area (Å²) in [5, 5.41) is 26.8. The van der Waals surface area contributed by atoms with Crippen LogP contribution < -0.4 is 0 Å². The molecule has 10 heavy (non-hydrogen) atoms. The Kier molecular flexibility index (Phi) is 2.30. The molecule has 0 aliphatic carbocycles. The first kappa shape index (κ1) is 8.01. The molecule has 0 spiro atoms. The summed E-state index contributed by atoms with van der Waals surface area (Å²) in [6.07, 6.45) is -2.43. The molecular weight excluding hydrogens is 135 g/mol. The highest BCUT2D eigenvalue weighted by Gasteiger charge is 2.39. The summed E-state index contributed by atoms with van der Waals surface area (Å²) in [5.41, 5.74) is 0. The molecule has 58 valence electrons. The van der Waals surface area contributed by atoms with Gasteiger partial charge in [-0.25, -0.2) is 0 Å². The third kappa shape index (κ3) is 1.18. The van der Waals surface area contributed by atoms with E-state index in [2.05, 4.69) is 0 Å². The second-order valence-electron chi connectivity index (χ2n) is 2.54. The van der Waals surface area contributed by atoms with Crippen LogP contribution in [0.1, 0.15) is 0 Å². The van der Waals surface area contributed by atoms with Crippen molar-refractivity contribution < 1.29 is 20.1 Å². The number of ether oxygens (including phenoxy) is 1. The van der Waals surface area contributed by atoms with Gasteiger partial charge in [-0.3, -0.25) is 0 Å². The number of aliphatic hydroxyl groups is 3. The zero-order chi connectivity index (χ0) is 7.72. The van der Waals surface area contributed by atoms with Crippen molar-refractivity contribution in [2.24, 2.45) is 0 Å². The molecule has 0 aromatic carbocycles. The first-order valence-electron chi connectivity index (χ1n) is 3.29. The minimum atomic E-state index is -0.944. The highest BCUT2D eigenvalue weighted by molar-refractivity contribution is 6.11. The molecule has 1 aliphatic heterocycles. The van der Waals surface area contributed by atoms with Crippen LogP contribution in [0.4, 0.5) is 0 Å². The Balaban J connectivity index is 2.53. The van der Waals surface area contributed by atoms with Crippen molar-refractivity contribution in [1.29, 1.82) is 0 Å². The predicted molar refractivity (Wildman–Crippen MR) is 36.3 cm³/mol. The SMILES string of the molecule is B[C@@H]1O[C@H](CO)[C@H](O)C1O. The molecular formula is C5H11BO4. The lowest BCUT2D eigenvalue weighted by Crippen LogP contribution is -2.33. The zero-order valence-corrected chi connectivity index (χ0v) is 5.77. The normalized spacial score (nSPS) is 47.9. The molecule has 0 saturated carbocycles. The Morgan fingerprint density at radius 2 is 1.90 bits per heavy atom. The second-order valence-corrected chi connectivity index (χ2v) is 2.54. The number of hydrogen-bond acceptors (Lipinski definition) is 4. The van der Waals surface area contributed by atoms with E-state index >= 15 is 0 Å². The topological polar surface area (TPSA) is 69.9 Å². The van der Waals surface area contributed by atoms with Gasteiger partial charge < -0.3 is 20.1 Å². The Labute approximate surface area is 59.8 Å². The van der Waals surface area contributed by atoms with Gasteiger partial charge in [-0.1, -0.05) is 0 Å². The average Bonchev–Trinajstić information content (AvgIpc) is 2.17. The van der Waals surface area contributed by atoms with Gasteiger partial charge in [0.1, 0.15) is 26.2 Å². The first-order valence-corrected chi connectivity index (χ1v) is 3.29. The van der Waals surface area contributed by atoms with Crippen LogP contribution in [0.15, 0.2) is 0 Å². The molecule has 1 unspecified atom stereocenters. The van der Waals surface area contributed by atoms with Gasteiger partial charge >= 0.3 is 0 Å². The van der Waals surface area contributed by atoms with E-state index in [1.54, 1.807) is 7.85 Å². The summed E-state index contributed by atoms with van der Waals surface area (Å²) in [5.74, 6) is 0. The minimum Gasteiger partial charge on any atom is -0.394 e. The highest BCUT2D eigenvalue weighted by Crippen LogP contribution is 2.18. The molecule has 0 amide bonds. The van der Waals surface area contributed by atoms with Crippen LogP contribution in [0.25, 0.3) is 0 Å². The smallest absolute Gasteiger partial charge is 0.142 e. The number of aliphatic hydroxyl groups excluding tert-OH is 3. The Hall–Kier alpha value is -0.0951. The van der Waals surface area contributed by atoms with Crippen LogP contribution in [0, 0.1) is 0 Å². The van der Waals surface area contributed by atoms with Crippen molar-refractivity contribution in [3.63, 3.8) is 0 Å². The van der Waals surface area contributed by atoms with Crippen LogP contribution in [0.2, 0.25) is 0 Å². The molecule has 1 fully saturated rings. The van der Waals surface area contributed by atoms with Gasteiger partial charge in [-0.2, -0.15) is 0 Å². The minimum absolute atomic E-state index is 0.247. The van der Waals surface area contributed by atoms with Crippen molar-refractivity contribution in [1.82, 2.24) is 0 Å². The van der Waals surface area contributed by atoms with Crippen molar-refractivity contribution in [2.75, 3.05) is 6.61 Å². The molecule has 5 heteroatoms. The highest BCUT2D eigenvalue weighted by atomic mass is 16.5. The van der Waals surface area contributed by atoms with Gasteiger partial charge in [0, 0.05) is 0 Å². The van der Waals surface area contributed by atoms with Crippen LogP contribution in [0.3, 0.4) is 0 Å². The summed E-state index contributed by atoms with van der Waals surface area (Å²) in [6.45, 7) is -0.247. The van der Waals surface area contributed by atoms with E-state index in [0.29, 0.717) is 0 Å². The van der Waals surface area contributed by atoms with Gasteiger partial charge in [0.2, 0.25) is 0 Å². The molecule has 4 atom stereocenters. The van der Waals surface area contributed by atoms with Crippen molar-refractivity contribution >= 4 is 7.85 Å². The van der Waals surface area contributed by atoms with E-state index in [1.165, 1.54) is 0 Å². The third-order valence-corrected chi connectivity index (χ3v) is 1.78. The van der Waals surface area contributed by atoms with Gasteiger partial charge in [-0.15, -0.1) is 0 Å². The zero-order valence-electron chi connectivity index (χ0n) is 5.77. The van der Waals surface area contributed by atoms with E-state index in [4.69, 9.17) is 20.1 Å². The summed E-state index contributed by atoms with van der Waals surface area (Å²) in [7, 11) is 1.66. The van der Waals surface area contributed by atoms with Gasteiger partial charge in [0.25, 0.3) is 0 Å². The summed E-state index contributed by atoms with van der Waals surface area (Å²) in [4.78, 5) is 0. The molecule has 1 rings (SSSR count). The van der Waals surface area contributed by atoms with E-state index in [1.807, 2.05) is 0 Å². The van der Waals surface area contributed by atoms with Crippen LogP contribution in [0.5, 0.6) is 0 Å².